The van der Waals surface area contributed by atoms with E-state index in [0.717, 1.165) is 16.9 Å². The van der Waals surface area contributed by atoms with Crippen molar-refractivity contribution in [2.24, 2.45) is 0 Å². The number of amides is 1. The molecule has 1 aromatic heterocycles. The summed E-state index contributed by atoms with van der Waals surface area (Å²) in [5.74, 6) is 1.00. The zero-order valence-corrected chi connectivity index (χ0v) is 13.4. The smallest absolute Gasteiger partial charge is 0.251 e. The van der Waals surface area contributed by atoms with E-state index in [9.17, 15) is 9.90 Å². The third-order valence-electron chi connectivity index (χ3n) is 3.21. The Bertz CT molecular complexity index is 605. The van der Waals surface area contributed by atoms with E-state index in [1.54, 1.807) is 18.8 Å². The predicted molar refractivity (Wildman–Crippen MR) is 85.1 cm³/mol. The molecule has 1 aromatic carbocycles. The lowest BCUT2D eigenvalue weighted by molar-refractivity contribution is -0.139. The van der Waals surface area contributed by atoms with Crippen LogP contribution in [-0.4, -0.2) is 61.7 Å². The van der Waals surface area contributed by atoms with Gasteiger partial charge in [0.05, 0.1) is 0 Å². The normalized spacial score (nSPS) is 12.1. The zero-order valence-electron chi connectivity index (χ0n) is 12.6. The Balaban J connectivity index is 2.01. The van der Waals surface area contributed by atoms with Crippen LogP contribution in [0, 0.1) is 0 Å². The average Bonchev–Trinajstić information content (AvgIpc) is 3.06. The van der Waals surface area contributed by atoms with Gasteiger partial charge in [-0.2, -0.15) is 17.0 Å². The van der Waals surface area contributed by atoms with Crippen molar-refractivity contribution in [1.82, 2.24) is 25.5 Å². The number of carbonyl (C=O) groups is 1. The molecule has 0 aliphatic heterocycles. The Kier molecular flexibility index (Phi) is 5.91. The molecule has 0 saturated carbocycles. The molecule has 2 N–H and O–H groups in total. The second-order valence-electron chi connectivity index (χ2n) is 4.93. The first-order valence-corrected chi connectivity index (χ1v) is 8.26. The molecule has 0 unspecified atom stereocenters. The highest BCUT2D eigenvalue weighted by Gasteiger charge is 2.19. The molecule has 118 valence electrons. The summed E-state index contributed by atoms with van der Waals surface area (Å²) in [6.07, 6.45) is 1.47. The van der Waals surface area contributed by atoms with Crippen LogP contribution in [-0.2, 0) is 11.3 Å². The molecule has 0 aliphatic carbocycles. The summed E-state index contributed by atoms with van der Waals surface area (Å²) in [6, 6.07) is 7.58. The zero-order chi connectivity index (χ0) is 15.9. The number of hydrogen-bond donors (Lipinski definition) is 2. The van der Waals surface area contributed by atoms with Crippen LogP contribution in [0.5, 0.6) is 0 Å². The van der Waals surface area contributed by atoms with E-state index in [4.69, 9.17) is 0 Å². The molecule has 0 radical (unpaired) electrons. The van der Waals surface area contributed by atoms with Crippen molar-refractivity contribution in [3.8, 4) is 11.4 Å². The van der Waals surface area contributed by atoms with Gasteiger partial charge in [-0.25, -0.2) is 0 Å². The number of nitrogens with zero attached hydrogens (tertiary/aromatic N) is 4. The number of aromatic nitrogens is 4. The minimum Gasteiger partial charge on any atom is -0.383 e. The van der Waals surface area contributed by atoms with Crippen molar-refractivity contribution in [2.75, 3.05) is 19.1 Å². The van der Waals surface area contributed by atoms with Crippen LogP contribution in [0.4, 0.5) is 0 Å². The molecule has 1 atom stereocenters. The van der Waals surface area contributed by atoms with Crippen molar-refractivity contribution >= 4 is 17.7 Å². The summed E-state index contributed by atoms with van der Waals surface area (Å²) in [5, 5.41) is 23.7. The van der Waals surface area contributed by atoms with Crippen molar-refractivity contribution in [3.05, 3.63) is 29.8 Å². The molecule has 22 heavy (non-hydrogen) atoms. The lowest BCUT2D eigenvalue weighted by Crippen LogP contribution is -2.36. The Hall–Kier alpha value is -1.93. The third kappa shape index (κ3) is 4.28. The molecule has 0 saturated heterocycles. The van der Waals surface area contributed by atoms with Gasteiger partial charge in [0.25, 0.3) is 5.91 Å². The monoisotopic (exact) mass is 321 g/mol. The van der Waals surface area contributed by atoms with Gasteiger partial charge in [0.15, 0.2) is 0 Å². The van der Waals surface area contributed by atoms with Gasteiger partial charge >= 0.3 is 0 Å². The Morgan fingerprint density at radius 3 is 3.00 bits per heavy atom. The fraction of sp³-hybridized carbons (Fsp3) is 0.429. The number of benzene rings is 1. The number of rotatable bonds is 7. The van der Waals surface area contributed by atoms with Gasteiger partial charge < -0.3 is 10.0 Å². The summed E-state index contributed by atoms with van der Waals surface area (Å²) < 4.78 is 0. The molecule has 0 bridgehead atoms. The van der Waals surface area contributed by atoms with Crippen molar-refractivity contribution in [1.29, 1.82) is 0 Å². The van der Waals surface area contributed by atoms with Crippen LogP contribution in [0.1, 0.15) is 12.0 Å². The minimum atomic E-state index is -0.946. The first-order valence-electron chi connectivity index (χ1n) is 6.86. The molecule has 0 fully saturated rings. The maximum atomic E-state index is 12.1. The molecular weight excluding hydrogens is 302 g/mol. The number of carbonyl (C=O) groups excluding carboxylic acids is 1. The standard InChI is InChI=1S/C14H19N5O2S/c1-19(14(21)12(20)6-7-22-2)9-10-4-3-5-11(8-10)13-15-17-18-16-13/h3-5,8,12,20H,6-7,9H2,1-2H3,(H,15,16,17,18)/t12-/m0/s1. The molecule has 2 aromatic rings. The predicted octanol–water partition coefficient (Wildman–Crippen LogP) is 0.939. The van der Waals surface area contributed by atoms with Gasteiger partial charge in [-0.15, -0.1) is 10.2 Å². The van der Waals surface area contributed by atoms with Gasteiger partial charge in [-0.05, 0) is 35.3 Å². The second kappa shape index (κ2) is 7.90. The van der Waals surface area contributed by atoms with Crippen LogP contribution < -0.4 is 0 Å². The van der Waals surface area contributed by atoms with Gasteiger partial charge in [0, 0.05) is 19.2 Å². The fourth-order valence-electron chi connectivity index (χ4n) is 2.05. The Morgan fingerprint density at radius 1 is 1.50 bits per heavy atom. The van der Waals surface area contributed by atoms with Gasteiger partial charge in [0.2, 0.25) is 5.82 Å². The summed E-state index contributed by atoms with van der Waals surface area (Å²) in [7, 11) is 1.69. The van der Waals surface area contributed by atoms with E-state index >= 15 is 0 Å². The average molecular weight is 321 g/mol. The lowest BCUT2D eigenvalue weighted by atomic mass is 10.1. The van der Waals surface area contributed by atoms with Crippen molar-refractivity contribution in [3.63, 3.8) is 0 Å². The topological polar surface area (TPSA) is 95.0 Å². The van der Waals surface area contributed by atoms with Crippen LogP contribution >= 0.6 is 11.8 Å². The molecule has 0 spiro atoms. The van der Waals surface area contributed by atoms with Crippen molar-refractivity contribution < 1.29 is 9.90 Å². The maximum Gasteiger partial charge on any atom is 0.251 e. The van der Waals surface area contributed by atoms with Crippen LogP contribution in [0.25, 0.3) is 11.4 Å². The number of aromatic amines is 1. The largest absolute Gasteiger partial charge is 0.383 e. The second-order valence-corrected chi connectivity index (χ2v) is 5.91. The van der Waals surface area contributed by atoms with E-state index in [0.29, 0.717) is 18.8 Å². The van der Waals surface area contributed by atoms with Gasteiger partial charge in [-0.1, -0.05) is 18.2 Å². The van der Waals surface area contributed by atoms with Crippen LogP contribution in [0.3, 0.4) is 0 Å². The molecule has 2 rings (SSSR count). The van der Waals surface area contributed by atoms with Crippen molar-refractivity contribution in [2.45, 2.75) is 19.1 Å². The number of thioether (sulfide) groups is 1. The summed E-state index contributed by atoms with van der Waals surface area (Å²) in [6.45, 7) is 0.418. The van der Waals surface area contributed by atoms with Gasteiger partial charge in [-0.3, -0.25) is 4.79 Å². The lowest BCUT2D eigenvalue weighted by Gasteiger charge is -2.20. The van der Waals surface area contributed by atoms with Crippen LogP contribution in [0.15, 0.2) is 24.3 Å². The van der Waals surface area contributed by atoms with E-state index in [-0.39, 0.29) is 5.91 Å². The first-order chi connectivity index (χ1) is 10.6. The molecule has 0 aliphatic rings. The summed E-state index contributed by atoms with van der Waals surface area (Å²) in [5.41, 5.74) is 1.77. The third-order valence-corrected chi connectivity index (χ3v) is 3.85. The number of H-pyrrole nitrogens is 1. The number of tetrazole rings is 1. The highest BCUT2D eigenvalue weighted by Crippen LogP contribution is 2.16. The number of hydrogen-bond acceptors (Lipinski definition) is 6. The summed E-state index contributed by atoms with van der Waals surface area (Å²) in [4.78, 5) is 13.6. The number of aliphatic hydroxyl groups excluding tert-OH is 1. The van der Waals surface area contributed by atoms with E-state index in [1.807, 2.05) is 30.5 Å². The van der Waals surface area contributed by atoms with Crippen LogP contribution in [0.2, 0.25) is 0 Å². The highest BCUT2D eigenvalue weighted by atomic mass is 32.2. The Labute approximate surface area is 133 Å². The minimum absolute atomic E-state index is 0.265. The molecule has 7 nitrogen and oxygen atoms in total. The Morgan fingerprint density at radius 2 is 2.32 bits per heavy atom. The molecular formula is C14H19N5O2S. The first kappa shape index (κ1) is 16.4. The SMILES string of the molecule is CSCC[C@H](O)C(=O)N(C)Cc1cccc(-c2nn[nH]n2)c1. The number of likely N-dealkylation sites (N-methyl/N-ethyl adjacent to an activating group) is 1. The highest BCUT2D eigenvalue weighted by molar-refractivity contribution is 7.98. The summed E-state index contributed by atoms with van der Waals surface area (Å²) >= 11 is 1.61. The molecule has 1 amide bonds. The van der Waals surface area contributed by atoms with E-state index in [1.165, 1.54) is 4.90 Å². The molecule has 8 heteroatoms. The number of aliphatic hydroxyl groups is 1. The van der Waals surface area contributed by atoms with E-state index < -0.39 is 6.10 Å². The fourth-order valence-corrected chi connectivity index (χ4v) is 2.51. The molecule has 1 heterocycles. The number of nitrogens with one attached hydrogen (secondary N) is 1. The van der Waals surface area contributed by atoms with E-state index in [2.05, 4.69) is 20.6 Å². The maximum absolute atomic E-state index is 12.1. The van der Waals surface area contributed by atoms with Gasteiger partial charge in [0.1, 0.15) is 6.10 Å². The quantitative estimate of drug-likeness (QED) is 0.788.